The van der Waals surface area contributed by atoms with Gasteiger partial charge in [0.1, 0.15) is 11.6 Å². The number of aromatic nitrogens is 4. The number of hydrogen-bond donors (Lipinski definition) is 0. The van der Waals surface area contributed by atoms with Crippen molar-refractivity contribution in [2.45, 2.75) is 6.54 Å². The second-order valence-corrected chi connectivity index (χ2v) is 8.07. The van der Waals surface area contributed by atoms with E-state index >= 15 is 0 Å². The lowest BCUT2D eigenvalue weighted by atomic mass is 10.1. The van der Waals surface area contributed by atoms with Crippen molar-refractivity contribution >= 4 is 33.5 Å². The summed E-state index contributed by atoms with van der Waals surface area (Å²) in [6, 6.07) is 18.1. The summed E-state index contributed by atoms with van der Waals surface area (Å²) in [5.41, 5.74) is 0.426. The first-order valence-corrected chi connectivity index (χ1v) is 10.3. The third-order valence-electron chi connectivity index (χ3n) is 5.73. The van der Waals surface area contributed by atoms with Gasteiger partial charge in [-0.2, -0.15) is 0 Å². The zero-order valence-corrected chi connectivity index (χ0v) is 18.1. The molecule has 0 aliphatic heterocycles. The molecule has 0 spiro atoms. The number of rotatable bonds is 3. The van der Waals surface area contributed by atoms with Gasteiger partial charge in [0.2, 0.25) is 0 Å². The van der Waals surface area contributed by atoms with Gasteiger partial charge in [-0.15, -0.1) is 0 Å². The van der Waals surface area contributed by atoms with E-state index in [0.29, 0.717) is 5.82 Å². The summed E-state index contributed by atoms with van der Waals surface area (Å²) < 4.78 is 18.6. The van der Waals surface area contributed by atoms with Gasteiger partial charge in [0.05, 0.1) is 6.54 Å². The molecule has 2 heterocycles. The van der Waals surface area contributed by atoms with Crippen molar-refractivity contribution in [3.8, 4) is 11.4 Å². The topological polar surface area (TPSA) is 61.8 Å². The number of benzene rings is 3. The van der Waals surface area contributed by atoms with Gasteiger partial charge in [-0.3, -0.25) is 13.9 Å². The zero-order chi connectivity index (χ0) is 22.6. The SMILES string of the molecule is Cn1c(=O)c2c(nc(-c3ccc4ccccc4c3)n2Cc2c(F)cccc2Cl)n(C)c1=O. The van der Waals surface area contributed by atoms with E-state index < -0.39 is 17.1 Å². The largest absolute Gasteiger partial charge is 0.332 e. The number of imidazole rings is 1. The number of fused-ring (bicyclic) bond motifs is 2. The first kappa shape index (κ1) is 20.2. The lowest BCUT2D eigenvalue weighted by molar-refractivity contribution is 0.601. The maximum Gasteiger partial charge on any atom is 0.332 e. The molecule has 160 valence electrons. The van der Waals surface area contributed by atoms with E-state index in [1.54, 1.807) is 17.7 Å². The van der Waals surface area contributed by atoms with Crippen LogP contribution in [0.5, 0.6) is 0 Å². The van der Waals surface area contributed by atoms with Crippen molar-refractivity contribution in [1.29, 1.82) is 0 Å². The van der Waals surface area contributed by atoms with Crippen LogP contribution >= 0.6 is 11.6 Å². The summed E-state index contributed by atoms with van der Waals surface area (Å²) in [7, 11) is 2.97. The fourth-order valence-corrected chi connectivity index (χ4v) is 4.21. The molecule has 32 heavy (non-hydrogen) atoms. The van der Waals surface area contributed by atoms with Crippen LogP contribution in [0.1, 0.15) is 5.56 Å². The van der Waals surface area contributed by atoms with Crippen molar-refractivity contribution in [1.82, 2.24) is 18.7 Å². The lowest BCUT2D eigenvalue weighted by Crippen LogP contribution is -2.37. The Labute approximate surface area is 186 Å². The Morgan fingerprint density at radius 1 is 0.938 bits per heavy atom. The molecular formula is C24H18ClFN4O2. The number of aryl methyl sites for hydroxylation is 1. The molecule has 0 atom stereocenters. The fourth-order valence-electron chi connectivity index (χ4n) is 3.99. The summed E-state index contributed by atoms with van der Waals surface area (Å²) in [5.74, 6) is -0.0335. The molecule has 0 aliphatic rings. The second-order valence-electron chi connectivity index (χ2n) is 7.66. The predicted molar refractivity (Wildman–Crippen MR) is 124 cm³/mol. The molecule has 0 fully saturated rings. The highest BCUT2D eigenvalue weighted by Gasteiger charge is 2.22. The highest BCUT2D eigenvalue weighted by Crippen LogP contribution is 2.29. The van der Waals surface area contributed by atoms with Crippen molar-refractivity contribution < 1.29 is 4.39 Å². The van der Waals surface area contributed by atoms with Crippen molar-refractivity contribution in [3.05, 3.63) is 97.9 Å². The minimum absolute atomic E-state index is 0.0163. The van der Waals surface area contributed by atoms with Gasteiger partial charge < -0.3 is 4.57 Å². The molecule has 8 heteroatoms. The Balaban J connectivity index is 1.87. The van der Waals surface area contributed by atoms with Crippen molar-refractivity contribution in [2.75, 3.05) is 0 Å². The summed E-state index contributed by atoms with van der Waals surface area (Å²) in [5, 5.41) is 2.30. The molecular weight excluding hydrogens is 431 g/mol. The van der Waals surface area contributed by atoms with E-state index in [9.17, 15) is 14.0 Å². The molecule has 5 aromatic rings. The molecule has 5 rings (SSSR count). The van der Waals surface area contributed by atoms with Gasteiger partial charge >= 0.3 is 5.69 Å². The van der Waals surface area contributed by atoms with Gasteiger partial charge in [-0.1, -0.05) is 54.1 Å². The molecule has 2 aromatic heterocycles. The standard InChI is InChI=1S/C24H18ClFN4O2/c1-28-22-20(23(31)29(2)24(28)32)30(13-17-18(25)8-5-9-19(17)26)21(27-22)16-11-10-14-6-3-4-7-15(14)12-16/h3-12H,13H2,1-2H3. The highest BCUT2D eigenvalue weighted by molar-refractivity contribution is 6.31. The zero-order valence-electron chi connectivity index (χ0n) is 17.3. The minimum Gasteiger partial charge on any atom is -0.313 e. The van der Waals surface area contributed by atoms with Crippen molar-refractivity contribution in [3.63, 3.8) is 0 Å². The van der Waals surface area contributed by atoms with Gasteiger partial charge in [-0.05, 0) is 29.0 Å². The average Bonchev–Trinajstić information content (AvgIpc) is 3.18. The Morgan fingerprint density at radius 2 is 1.69 bits per heavy atom. The van der Waals surface area contributed by atoms with Crippen LogP contribution < -0.4 is 11.2 Å². The maximum atomic E-state index is 14.7. The Morgan fingerprint density at radius 3 is 2.44 bits per heavy atom. The van der Waals surface area contributed by atoms with Crippen molar-refractivity contribution in [2.24, 2.45) is 14.1 Å². The molecule has 0 saturated heterocycles. The molecule has 3 aromatic carbocycles. The van der Waals surface area contributed by atoms with Crippen LogP contribution in [-0.4, -0.2) is 18.7 Å². The third-order valence-corrected chi connectivity index (χ3v) is 6.09. The first-order chi connectivity index (χ1) is 15.4. The molecule has 0 aliphatic carbocycles. The summed E-state index contributed by atoms with van der Waals surface area (Å²) >= 11 is 6.29. The molecule has 0 N–H and O–H groups in total. The van der Waals surface area contributed by atoms with Gasteiger partial charge in [0, 0.05) is 30.2 Å². The van der Waals surface area contributed by atoms with Crippen LogP contribution in [0, 0.1) is 5.82 Å². The number of nitrogens with zero attached hydrogens (tertiary/aromatic N) is 4. The van der Waals surface area contributed by atoms with Crippen LogP contribution in [0.15, 0.2) is 70.3 Å². The lowest BCUT2D eigenvalue weighted by Gasteiger charge is -2.12. The third kappa shape index (κ3) is 3.05. The first-order valence-electron chi connectivity index (χ1n) is 9.95. The van der Waals surface area contributed by atoms with E-state index in [-0.39, 0.29) is 28.3 Å². The molecule has 0 radical (unpaired) electrons. The fraction of sp³-hybridized carbons (Fsp3) is 0.125. The Bertz CT molecular complexity index is 1630. The van der Waals surface area contributed by atoms with E-state index in [2.05, 4.69) is 4.98 Å². The Kier molecular flexibility index (Phi) is 4.71. The minimum atomic E-state index is -0.505. The summed E-state index contributed by atoms with van der Waals surface area (Å²) in [6.45, 7) is -0.0163. The van der Waals surface area contributed by atoms with Crippen LogP contribution in [0.2, 0.25) is 5.02 Å². The predicted octanol–water partition coefficient (Wildman–Crippen LogP) is 4.09. The quantitative estimate of drug-likeness (QED) is 0.417. The summed E-state index contributed by atoms with van der Waals surface area (Å²) in [6.07, 6.45) is 0. The van der Waals surface area contributed by atoms with E-state index in [0.717, 1.165) is 20.9 Å². The molecule has 0 amide bonds. The highest BCUT2D eigenvalue weighted by atomic mass is 35.5. The molecule has 6 nitrogen and oxygen atoms in total. The van der Waals surface area contributed by atoms with Crippen LogP contribution in [0.3, 0.4) is 0 Å². The second kappa shape index (κ2) is 7.46. The average molecular weight is 449 g/mol. The Hall–Kier alpha value is -3.71. The van der Waals surface area contributed by atoms with Crippen LogP contribution in [-0.2, 0) is 20.6 Å². The molecule has 0 saturated carbocycles. The van der Waals surface area contributed by atoms with Crippen LogP contribution in [0.4, 0.5) is 4.39 Å². The molecule has 0 unspecified atom stereocenters. The smallest absolute Gasteiger partial charge is 0.313 e. The van der Waals surface area contributed by atoms with E-state index in [4.69, 9.17) is 11.6 Å². The van der Waals surface area contributed by atoms with E-state index in [1.807, 2.05) is 42.5 Å². The monoisotopic (exact) mass is 448 g/mol. The van der Waals surface area contributed by atoms with Crippen LogP contribution in [0.25, 0.3) is 33.3 Å². The van der Waals surface area contributed by atoms with E-state index in [1.165, 1.54) is 23.7 Å². The van der Waals surface area contributed by atoms with Gasteiger partial charge in [0.15, 0.2) is 11.2 Å². The number of hydrogen-bond acceptors (Lipinski definition) is 3. The van der Waals surface area contributed by atoms with Gasteiger partial charge in [-0.25, -0.2) is 14.2 Å². The molecule has 0 bridgehead atoms. The number of halogens is 2. The normalized spacial score (nSPS) is 11.5. The van der Waals surface area contributed by atoms with Gasteiger partial charge in [0.25, 0.3) is 5.56 Å². The maximum absolute atomic E-state index is 14.7. The summed E-state index contributed by atoms with van der Waals surface area (Å²) in [4.78, 5) is 30.3.